The van der Waals surface area contributed by atoms with Gasteiger partial charge in [-0.2, -0.15) is 15.3 Å². The number of carbonyl (C=O) groups excluding carboxylic acids is 1. The third kappa shape index (κ3) is 2.20. The maximum atomic E-state index is 12.5. The Hall–Kier alpha value is -3.28. The van der Waals surface area contributed by atoms with Crippen LogP contribution in [-0.2, 0) is 0 Å². The molecular formula is C15H14N8O. The van der Waals surface area contributed by atoms with Crippen LogP contribution in [0.15, 0.2) is 18.5 Å². The molecule has 0 aromatic carbocycles. The number of aryl methyl sites for hydroxylation is 2. The van der Waals surface area contributed by atoms with E-state index in [1.165, 1.54) is 6.20 Å². The number of likely N-dealkylation sites (tertiary alicyclic amines) is 1. The zero-order chi connectivity index (χ0) is 16.8. The predicted octanol–water partition coefficient (Wildman–Crippen LogP) is 0.506. The Bertz CT molecular complexity index is 989. The zero-order valence-corrected chi connectivity index (χ0v) is 13.2. The van der Waals surface area contributed by atoms with E-state index in [0.29, 0.717) is 24.4 Å². The second kappa shape index (κ2) is 5.13. The number of rotatable bonds is 2. The third-order valence-corrected chi connectivity index (χ3v) is 4.06. The second-order valence-corrected chi connectivity index (χ2v) is 5.87. The summed E-state index contributed by atoms with van der Waals surface area (Å²) in [5.41, 5.74) is 2.23. The van der Waals surface area contributed by atoms with Gasteiger partial charge in [0.2, 0.25) is 5.82 Å². The first-order chi connectivity index (χ1) is 11.5. The molecule has 1 aliphatic heterocycles. The number of hydrogen-bond acceptors (Lipinski definition) is 6. The van der Waals surface area contributed by atoms with Crippen molar-refractivity contribution in [1.29, 1.82) is 5.26 Å². The molecular weight excluding hydrogens is 308 g/mol. The molecule has 1 amide bonds. The number of fused-ring (bicyclic) bond motifs is 1. The first-order valence-electron chi connectivity index (χ1n) is 7.49. The van der Waals surface area contributed by atoms with E-state index >= 15 is 0 Å². The molecule has 9 nitrogen and oxygen atoms in total. The lowest BCUT2D eigenvalue weighted by molar-refractivity contribution is 0.0489. The van der Waals surface area contributed by atoms with Crippen LogP contribution in [0, 0.1) is 25.2 Å². The summed E-state index contributed by atoms with van der Waals surface area (Å²) in [5.74, 6) is 0.355. The van der Waals surface area contributed by atoms with Crippen molar-refractivity contribution in [1.82, 2.24) is 34.3 Å². The van der Waals surface area contributed by atoms with Crippen LogP contribution in [0.4, 0.5) is 0 Å². The summed E-state index contributed by atoms with van der Waals surface area (Å²) >= 11 is 0. The van der Waals surface area contributed by atoms with Crippen molar-refractivity contribution in [2.24, 2.45) is 0 Å². The topological polar surface area (TPSA) is 105 Å². The van der Waals surface area contributed by atoms with Gasteiger partial charge in [0.25, 0.3) is 11.7 Å². The molecule has 0 saturated carbocycles. The van der Waals surface area contributed by atoms with Crippen LogP contribution in [0.5, 0.6) is 0 Å². The summed E-state index contributed by atoms with van der Waals surface area (Å²) in [7, 11) is 0. The summed E-state index contributed by atoms with van der Waals surface area (Å²) in [6.45, 7) is 4.82. The Balaban J connectivity index is 1.51. The summed E-state index contributed by atoms with van der Waals surface area (Å²) in [6.07, 6.45) is 3.20. The molecule has 0 N–H and O–H groups in total. The highest BCUT2D eigenvalue weighted by Gasteiger charge is 2.35. The number of aromatic nitrogens is 6. The highest BCUT2D eigenvalue weighted by atomic mass is 16.2. The van der Waals surface area contributed by atoms with Gasteiger partial charge in [0, 0.05) is 30.7 Å². The fourth-order valence-corrected chi connectivity index (χ4v) is 2.78. The molecule has 0 unspecified atom stereocenters. The van der Waals surface area contributed by atoms with E-state index in [1.54, 1.807) is 20.3 Å². The number of nitrogens with zero attached hydrogens (tertiary/aromatic N) is 8. The van der Waals surface area contributed by atoms with Gasteiger partial charge in [-0.25, -0.2) is 9.50 Å². The lowest BCUT2D eigenvalue weighted by Crippen LogP contribution is -2.51. The molecule has 4 rings (SSSR count). The normalized spacial score (nSPS) is 14.6. The molecule has 120 valence electrons. The van der Waals surface area contributed by atoms with Crippen LogP contribution in [0.3, 0.4) is 0 Å². The molecule has 0 aliphatic carbocycles. The molecule has 0 radical (unpaired) electrons. The monoisotopic (exact) mass is 322 g/mol. The molecule has 0 atom stereocenters. The quantitative estimate of drug-likeness (QED) is 0.680. The van der Waals surface area contributed by atoms with Gasteiger partial charge in [0.15, 0.2) is 0 Å². The fourth-order valence-electron chi connectivity index (χ4n) is 2.78. The van der Waals surface area contributed by atoms with Crippen molar-refractivity contribution in [3.63, 3.8) is 0 Å². The number of nitriles is 1. The lowest BCUT2D eigenvalue weighted by atomic mass is 10.1. The van der Waals surface area contributed by atoms with Gasteiger partial charge in [-0.3, -0.25) is 9.48 Å². The van der Waals surface area contributed by atoms with E-state index in [4.69, 9.17) is 5.26 Å². The SMILES string of the molecule is Cc1cc(C)n2nc(C(=O)N3CC(n4cc(C#N)cn4)C3)nc2n1. The fraction of sp³-hybridized carbons (Fsp3) is 0.333. The largest absolute Gasteiger partial charge is 0.331 e. The van der Waals surface area contributed by atoms with Gasteiger partial charge in [-0.15, -0.1) is 5.10 Å². The minimum Gasteiger partial charge on any atom is -0.331 e. The molecule has 0 spiro atoms. The molecule has 0 bridgehead atoms. The molecule has 3 aromatic heterocycles. The van der Waals surface area contributed by atoms with E-state index in [-0.39, 0.29) is 17.8 Å². The van der Waals surface area contributed by atoms with E-state index in [0.717, 1.165) is 11.4 Å². The van der Waals surface area contributed by atoms with E-state index in [1.807, 2.05) is 26.0 Å². The van der Waals surface area contributed by atoms with Gasteiger partial charge >= 0.3 is 0 Å². The van der Waals surface area contributed by atoms with Gasteiger partial charge in [0.1, 0.15) is 6.07 Å². The molecule has 24 heavy (non-hydrogen) atoms. The predicted molar refractivity (Wildman–Crippen MR) is 82.1 cm³/mol. The third-order valence-electron chi connectivity index (χ3n) is 4.06. The summed E-state index contributed by atoms with van der Waals surface area (Å²) < 4.78 is 3.29. The highest BCUT2D eigenvalue weighted by molar-refractivity contribution is 5.91. The molecule has 4 heterocycles. The molecule has 9 heteroatoms. The van der Waals surface area contributed by atoms with Crippen LogP contribution < -0.4 is 0 Å². The maximum Gasteiger partial charge on any atom is 0.293 e. The summed E-state index contributed by atoms with van der Waals surface area (Å²) in [5, 5.41) is 17.2. The Labute approximate surface area is 137 Å². The molecule has 1 fully saturated rings. The standard InChI is InChI=1S/C15H14N8O/c1-9-3-10(2)23-15(18-9)19-13(20-23)14(24)21-7-12(8-21)22-6-11(4-16)5-17-22/h3,5-6,12H,7-8H2,1-2H3. The maximum absolute atomic E-state index is 12.5. The van der Waals surface area contributed by atoms with Crippen molar-refractivity contribution < 1.29 is 4.79 Å². The smallest absolute Gasteiger partial charge is 0.293 e. The van der Waals surface area contributed by atoms with Crippen molar-refractivity contribution in [3.05, 3.63) is 41.2 Å². The second-order valence-electron chi connectivity index (χ2n) is 5.87. The minimum absolute atomic E-state index is 0.0789. The zero-order valence-electron chi connectivity index (χ0n) is 13.2. The molecule has 1 aliphatic rings. The van der Waals surface area contributed by atoms with Crippen LogP contribution in [0.1, 0.15) is 33.6 Å². The van der Waals surface area contributed by atoms with Crippen molar-refractivity contribution in [2.45, 2.75) is 19.9 Å². The molecule has 1 saturated heterocycles. The summed E-state index contributed by atoms with van der Waals surface area (Å²) in [4.78, 5) is 22.7. The van der Waals surface area contributed by atoms with Gasteiger partial charge < -0.3 is 4.90 Å². The van der Waals surface area contributed by atoms with Crippen LogP contribution in [-0.4, -0.2) is 53.3 Å². The Morgan fingerprint density at radius 2 is 2.12 bits per heavy atom. The van der Waals surface area contributed by atoms with Crippen LogP contribution in [0.2, 0.25) is 0 Å². The van der Waals surface area contributed by atoms with Gasteiger partial charge in [-0.05, 0) is 19.9 Å². The van der Waals surface area contributed by atoms with Crippen molar-refractivity contribution in [2.75, 3.05) is 13.1 Å². The number of amides is 1. The summed E-state index contributed by atoms with van der Waals surface area (Å²) in [6, 6.07) is 4.01. The van der Waals surface area contributed by atoms with Gasteiger partial charge in [0.05, 0.1) is 17.8 Å². The van der Waals surface area contributed by atoms with Crippen molar-refractivity contribution in [3.8, 4) is 6.07 Å². The van der Waals surface area contributed by atoms with E-state index in [2.05, 4.69) is 20.2 Å². The average molecular weight is 322 g/mol. The minimum atomic E-state index is -0.221. The highest BCUT2D eigenvalue weighted by Crippen LogP contribution is 2.22. The lowest BCUT2D eigenvalue weighted by Gasteiger charge is -2.38. The Morgan fingerprint density at radius 3 is 2.83 bits per heavy atom. The average Bonchev–Trinajstić information content (AvgIpc) is 3.12. The Morgan fingerprint density at radius 1 is 1.33 bits per heavy atom. The first kappa shape index (κ1) is 14.3. The molecule has 3 aromatic rings. The first-order valence-corrected chi connectivity index (χ1v) is 7.49. The number of carbonyl (C=O) groups is 1. The Kier molecular flexibility index (Phi) is 3.06. The number of hydrogen-bond donors (Lipinski definition) is 0. The van der Waals surface area contributed by atoms with Gasteiger partial charge in [-0.1, -0.05) is 0 Å². The van der Waals surface area contributed by atoms with Crippen LogP contribution >= 0.6 is 0 Å². The van der Waals surface area contributed by atoms with Crippen LogP contribution in [0.25, 0.3) is 5.78 Å². The van der Waals surface area contributed by atoms with E-state index in [9.17, 15) is 4.79 Å². The van der Waals surface area contributed by atoms with E-state index < -0.39 is 0 Å². The van der Waals surface area contributed by atoms with Crippen molar-refractivity contribution >= 4 is 11.7 Å².